The first-order valence-corrected chi connectivity index (χ1v) is 16.7. The summed E-state index contributed by atoms with van der Waals surface area (Å²) >= 11 is 13.8. The summed E-state index contributed by atoms with van der Waals surface area (Å²) in [6.07, 6.45) is 4.97. The third-order valence-corrected chi connectivity index (χ3v) is 9.82. The predicted octanol–water partition coefficient (Wildman–Crippen LogP) is 6.07. The summed E-state index contributed by atoms with van der Waals surface area (Å²) < 4.78 is 21.3. The van der Waals surface area contributed by atoms with Crippen molar-refractivity contribution in [2.45, 2.75) is 45.3 Å². The van der Waals surface area contributed by atoms with Crippen molar-refractivity contribution < 1.29 is 23.8 Å². The molecule has 1 amide bonds. The van der Waals surface area contributed by atoms with Gasteiger partial charge < -0.3 is 25.8 Å². The Bertz CT molecular complexity index is 1900. The maximum absolute atomic E-state index is 15.7. The lowest BCUT2D eigenvalue weighted by molar-refractivity contribution is -0.147. The molecule has 2 fully saturated rings. The maximum atomic E-state index is 15.7. The number of methoxy groups -OCH3 is 1. The van der Waals surface area contributed by atoms with Crippen molar-refractivity contribution in [2.24, 2.45) is 5.41 Å². The summed E-state index contributed by atoms with van der Waals surface area (Å²) in [5.41, 5.74) is 2.92. The number of anilines is 2. The van der Waals surface area contributed by atoms with E-state index in [0.29, 0.717) is 83.7 Å². The number of carbonyl (C=O) groups excluding carboxylic acids is 1. The molecule has 3 aromatic heterocycles. The molecule has 0 bridgehead atoms. The Morgan fingerprint density at radius 2 is 1.94 bits per heavy atom. The molecule has 2 atom stereocenters. The summed E-state index contributed by atoms with van der Waals surface area (Å²) in [6, 6.07) is 12.5. The van der Waals surface area contributed by atoms with E-state index in [1.54, 1.807) is 50.6 Å². The van der Waals surface area contributed by atoms with E-state index in [1.165, 1.54) is 6.20 Å². The number of amides is 1. The van der Waals surface area contributed by atoms with Crippen molar-refractivity contribution in [2.75, 3.05) is 32.1 Å². The van der Waals surface area contributed by atoms with Crippen LogP contribution in [0.15, 0.2) is 54.9 Å². The number of ether oxygens (including phenoxy) is 1. The van der Waals surface area contributed by atoms with Gasteiger partial charge in [-0.15, -0.1) is 0 Å². The van der Waals surface area contributed by atoms with Gasteiger partial charge in [-0.05, 0) is 50.6 Å². The van der Waals surface area contributed by atoms with Crippen LogP contribution in [0.1, 0.15) is 37.3 Å². The highest BCUT2D eigenvalue weighted by Gasteiger charge is 2.40. The average molecular weight is 709 g/mol. The molecule has 5 heterocycles. The predicted molar refractivity (Wildman–Crippen MR) is 185 cm³/mol. The Kier molecular flexibility index (Phi) is 10.3. The number of benzene rings is 1. The third-order valence-electron chi connectivity index (χ3n) is 9.03. The number of carboxylic acids is 1. The molecule has 0 spiro atoms. The van der Waals surface area contributed by atoms with Gasteiger partial charge in [-0.25, -0.2) is 14.4 Å². The fourth-order valence-corrected chi connectivity index (χ4v) is 6.78. The highest BCUT2D eigenvalue weighted by atomic mass is 35.5. The molecular formula is C35H36Cl2FN7O4. The summed E-state index contributed by atoms with van der Waals surface area (Å²) in [5.74, 6) is -0.894. The van der Waals surface area contributed by atoms with Crippen LogP contribution in [-0.4, -0.2) is 69.6 Å². The van der Waals surface area contributed by atoms with E-state index in [2.05, 4.69) is 25.9 Å². The number of nitrogens with one attached hydrogen (secondary N) is 3. The third kappa shape index (κ3) is 7.47. The van der Waals surface area contributed by atoms with E-state index in [1.807, 2.05) is 17.0 Å². The molecule has 6 rings (SSSR count). The number of hydrogen-bond acceptors (Lipinski definition) is 9. The van der Waals surface area contributed by atoms with Crippen LogP contribution in [0.25, 0.3) is 22.5 Å². The number of nitrogens with zero attached hydrogens (tertiary/aromatic N) is 4. The zero-order valence-corrected chi connectivity index (χ0v) is 28.5. The van der Waals surface area contributed by atoms with Crippen molar-refractivity contribution in [3.63, 3.8) is 0 Å². The summed E-state index contributed by atoms with van der Waals surface area (Å²) in [7, 11) is 1.55. The molecule has 0 radical (unpaired) electrons. The molecule has 2 aliphatic rings. The van der Waals surface area contributed by atoms with Crippen LogP contribution in [0.5, 0.6) is 5.88 Å². The number of pyridine rings is 3. The van der Waals surface area contributed by atoms with E-state index >= 15 is 4.39 Å². The zero-order valence-electron chi connectivity index (χ0n) is 27.0. The van der Waals surface area contributed by atoms with Crippen LogP contribution in [0.2, 0.25) is 10.0 Å². The first-order chi connectivity index (χ1) is 23.6. The second kappa shape index (κ2) is 14.6. The Morgan fingerprint density at radius 3 is 2.67 bits per heavy atom. The van der Waals surface area contributed by atoms with Gasteiger partial charge in [-0.1, -0.05) is 41.4 Å². The van der Waals surface area contributed by atoms with E-state index in [-0.39, 0.29) is 29.3 Å². The molecule has 0 unspecified atom stereocenters. The fourth-order valence-electron chi connectivity index (χ4n) is 6.21. The summed E-state index contributed by atoms with van der Waals surface area (Å²) in [4.78, 5) is 38.5. The first-order valence-electron chi connectivity index (χ1n) is 15.9. The SMILES string of the molecule is COc1nc(-c2ccnc(-c3cccc(Nc4nccc(CN5CC[C@](C)(C(=O)O)C5)c4F)c3Cl)c2Cl)ccc1CNC[C@@H]1CCC(=O)N1. The van der Waals surface area contributed by atoms with Gasteiger partial charge in [0.15, 0.2) is 11.6 Å². The second-order valence-electron chi connectivity index (χ2n) is 12.6. The number of hydrogen-bond donors (Lipinski definition) is 4. The quantitative estimate of drug-likeness (QED) is 0.137. The Morgan fingerprint density at radius 1 is 1.12 bits per heavy atom. The van der Waals surface area contributed by atoms with Gasteiger partial charge in [-0.3, -0.25) is 19.5 Å². The molecule has 4 aromatic rings. The van der Waals surface area contributed by atoms with Gasteiger partial charge in [0.25, 0.3) is 0 Å². The topological polar surface area (TPSA) is 142 Å². The highest BCUT2D eigenvalue weighted by Crippen LogP contribution is 2.41. The van der Waals surface area contributed by atoms with Crippen LogP contribution in [0.3, 0.4) is 0 Å². The van der Waals surface area contributed by atoms with E-state index in [4.69, 9.17) is 32.9 Å². The van der Waals surface area contributed by atoms with Crippen molar-refractivity contribution >= 4 is 46.6 Å². The minimum absolute atomic E-state index is 0.0107. The van der Waals surface area contributed by atoms with Crippen LogP contribution < -0.4 is 20.7 Å². The van der Waals surface area contributed by atoms with Crippen molar-refractivity contribution in [1.82, 2.24) is 30.5 Å². The van der Waals surface area contributed by atoms with Gasteiger partial charge in [-0.2, -0.15) is 0 Å². The molecule has 4 N–H and O–H groups in total. The van der Waals surface area contributed by atoms with E-state index in [0.717, 1.165) is 12.0 Å². The van der Waals surface area contributed by atoms with E-state index in [9.17, 15) is 14.7 Å². The minimum atomic E-state index is -0.856. The molecule has 49 heavy (non-hydrogen) atoms. The first kappa shape index (κ1) is 34.5. The number of carbonyl (C=O) groups is 2. The number of rotatable bonds is 12. The normalized spacial score (nSPS) is 19.2. The van der Waals surface area contributed by atoms with Crippen LogP contribution in [0.4, 0.5) is 15.9 Å². The standard InChI is InChI=1S/C35H36Cl2FN7O4/c1-35(34(47)48)12-15-45(19-35)18-21-10-13-41-32(30(21)38)43-26-5-3-4-24(28(26)36)31-29(37)23(11-14-40-31)25-8-6-20(33(44-25)49-2)16-39-17-22-7-9-27(46)42-22/h3-6,8,10-11,13-14,22,39H,7,9,12,15-19H2,1-2H3,(H,41,43)(H,42,46)(H,47,48)/t22-,35-/m0/s1. The number of aliphatic carboxylic acids is 1. The Labute approximate surface area is 293 Å². The smallest absolute Gasteiger partial charge is 0.310 e. The Balaban J connectivity index is 1.20. The molecule has 2 saturated heterocycles. The molecule has 256 valence electrons. The van der Waals surface area contributed by atoms with Gasteiger partial charge in [0, 0.05) is 73.3 Å². The van der Waals surface area contributed by atoms with E-state index < -0.39 is 17.2 Å². The highest BCUT2D eigenvalue weighted by molar-refractivity contribution is 6.39. The van der Waals surface area contributed by atoms with Gasteiger partial charge >= 0.3 is 5.97 Å². The molecule has 1 aromatic carbocycles. The lowest BCUT2D eigenvalue weighted by Crippen LogP contribution is -2.35. The maximum Gasteiger partial charge on any atom is 0.310 e. The summed E-state index contributed by atoms with van der Waals surface area (Å²) in [5, 5.41) is 19.5. The minimum Gasteiger partial charge on any atom is -0.481 e. The number of carboxylic acid groups (broad SMARTS) is 1. The van der Waals surface area contributed by atoms with Gasteiger partial charge in [0.1, 0.15) is 0 Å². The summed E-state index contributed by atoms with van der Waals surface area (Å²) in [6.45, 7) is 4.00. The van der Waals surface area contributed by atoms with Crippen LogP contribution >= 0.6 is 23.2 Å². The largest absolute Gasteiger partial charge is 0.481 e. The van der Waals surface area contributed by atoms with Crippen molar-refractivity contribution in [3.8, 4) is 28.4 Å². The molecular weight excluding hydrogens is 672 g/mol. The van der Waals surface area contributed by atoms with Crippen molar-refractivity contribution in [1.29, 1.82) is 0 Å². The fraction of sp³-hybridized carbons (Fsp3) is 0.343. The van der Waals surface area contributed by atoms with Crippen LogP contribution in [0, 0.1) is 11.2 Å². The second-order valence-corrected chi connectivity index (χ2v) is 13.3. The average Bonchev–Trinajstić information content (AvgIpc) is 3.69. The number of halogens is 3. The molecule has 11 nitrogen and oxygen atoms in total. The lowest BCUT2D eigenvalue weighted by Gasteiger charge is -2.20. The molecule has 0 aliphatic carbocycles. The zero-order chi connectivity index (χ0) is 34.7. The lowest BCUT2D eigenvalue weighted by atomic mass is 9.90. The monoisotopic (exact) mass is 707 g/mol. The van der Waals surface area contributed by atoms with Gasteiger partial charge in [0.2, 0.25) is 11.8 Å². The van der Waals surface area contributed by atoms with Crippen molar-refractivity contribution in [3.05, 3.63) is 81.8 Å². The Hall–Kier alpha value is -4.36. The number of likely N-dealkylation sites (tertiary alicyclic amines) is 1. The van der Waals surface area contributed by atoms with Gasteiger partial charge in [0.05, 0.1) is 39.6 Å². The molecule has 14 heteroatoms. The van der Waals surface area contributed by atoms with Crippen LogP contribution in [-0.2, 0) is 22.7 Å². The number of aromatic nitrogens is 3. The molecule has 0 saturated carbocycles. The molecule has 2 aliphatic heterocycles.